The number of ether oxygens (including phenoxy) is 1. The van der Waals surface area contributed by atoms with Crippen molar-refractivity contribution in [1.29, 1.82) is 0 Å². The molecule has 18 heavy (non-hydrogen) atoms. The summed E-state index contributed by atoms with van der Waals surface area (Å²) in [4.78, 5) is 12.8. The van der Waals surface area contributed by atoms with Crippen LogP contribution in [0.1, 0.15) is 0 Å². The first kappa shape index (κ1) is 13.0. The van der Waals surface area contributed by atoms with Gasteiger partial charge in [-0.1, -0.05) is 0 Å². The summed E-state index contributed by atoms with van der Waals surface area (Å²) in [6, 6.07) is 3.70. The van der Waals surface area contributed by atoms with E-state index in [0.717, 1.165) is 0 Å². The molecule has 0 radical (unpaired) electrons. The summed E-state index contributed by atoms with van der Waals surface area (Å²) in [5.41, 5.74) is 0.506. The summed E-state index contributed by atoms with van der Waals surface area (Å²) in [7, 11) is 0. The maximum Gasteiger partial charge on any atom is 0.573 e. The van der Waals surface area contributed by atoms with E-state index in [9.17, 15) is 18.0 Å². The molecule has 0 atom stereocenters. The average Bonchev–Trinajstić information content (AvgIpc) is 2.66. The molecule has 4 nitrogen and oxygen atoms in total. The highest BCUT2D eigenvalue weighted by molar-refractivity contribution is 9.10. The number of carbonyl (C=O) groups excluding carboxylic acids is 1. The predicted molar refractivity (Wildman–Crippen MR) is 61.6 cm³/mol. The molecule has 1 aromatic carbocycles. The molecule has 0 unspecified atom stereocenters. The molecule has 0 aromatic heterocycles. The number of nitrogens with one attached hydrogen (secondary N) is 1. The molecule has 1 fully saturated rings. The smallest absolute Gasteiger partial charge is 0.405 e. The molecule has 1 aliphatic rings. The zero-order valence-electron chi connectivity index (χ0n) is 8.92. The highest BCUT2D eigenvalue weighted by Gasteiger charge is 2.32. The van der Waals surface area contributed by atoms with Crippen LogP contribution in [0.4, 0.5) is 23.7 Å². The third-order valence-electron chi connectivity index (χ3n) is 2.31. The van der Waals surface area contributed by atoms with Crippen molar-refractivity contribution in [3.63, 3.8) is 0 Å². The van der Waals surface area contributed by atoms with Crippen LogP contribution < -0.4 is 15.0 Å². The van der Waals surface area contributed by atoms with Crippen molar-refractivity contribution in [1.82, 2.24) is 5.32 Å². The first-order chi connectivity index (χ1) is 8.37. The lowest BCUT2D eigenvalue weighted by Gasteiger charge is -2.16. The van der Waals surface area contributed by atoms with Gasteiger partial charge in [0.2, 0.25) is 0 Å². The van der Waals surface area contributed by atoms with Gasteiger partial charge < -0.3 is 10.1 Å². The second-order valence-electron chi connectivity index (χ2n) is 3.55. The Labute approximate surface area is 109 Å². The van der Waals surface area contributed by atoms with Crippen molar-refractivity contribution in [2.24, 2.45) is 0 Å². The number of hydrogen-bond donors (Lipinski definition) is 1. The van der Waals surface area contributed by atoms with Gasteiger partial charge in [-0.2, -0.15) is 0 Å². The Bertz CT molecular complexity index is 479. The largest absolute Gasteiger partial charge is 0.573 e. The van der Waals surface area contributed by atoms with E-state index in [-0.39, 0.29) is 16.3 Å². The van der Waals surface area contributed by atoms with Gasteiger partial charge >= 0.3 is 12.4 Å². The average molecular weight is 325 g/mol. The van der Waals surface area contributed by atoms with E-state index in [1.165, 1.54) is 23.1 Å². The molecule has 98 valence electrons. The van der Waals surface area contributed by atoms with Crippen molar-refractivity contribution >= 4 is 27.6 Å². The van der Waals surface area contributed by atoms with E-state index < -0.39 is 6.36 Å². The molecule has 0 aliphatic carbocycles. The van der Waals surface area contributed by atoms with Crippen LogP contribution in [0.3, 0.4) is 0 Å². The number of halogens is 4. The monoisotopic (exact) mass is 324 g/mol. The lowest BCUT2D eigenvalue weighted by atomic mass is 10.3. The van der Waals surface area contributed by atoms with E-state index >= 15 is 0 Å². The summed E-state index contributed by atoms with van der Waals surface area (Å²) in [5, 5.41) is 2.60. The fourth-order valence-electron chi connectivity index (χ4n) is 1.58. The van der Waals surface area contributed by atoms with Crippen molar-refractivity contribution in [2.45, 2.75) is 6.36 Å². The maximum absolute atomic E-state index is 12.1. The summed E-state index contributed by atoms with van der Waals surface area (Å²) in [6.45, 7) is 0.988. The Balaban J connectivity index is 2.22. The molecule has 2 amide bonds. The van der Waals surface area contributed by atoms with Gasteiger partial charge in [-0.3, -0.25) is 4.90 Å². The fraction of sp³-hybridized carbons (Fsp3) is 0.300. The van der Waals surface area contributed by atoms with Crippen LogP contribution in [0, 0.1) is 0 Å². The topological polar surface area (TPSA) is 41.6 Å². The fourth-order valence-corrected chi connectivity index (χ4v) is 2.03. The highest BCUT2D eigenvalue weighted by atomic mass is 79.9. The van der Waals surface area contributed by atoms with E-state index in [1.54, 1.807) is 0 Å². The van der Waals surface area contributed by atoms with E-state index in [4.69, 9.17) is 0 Å². The van der Waals surface area contributed by atoms with Crippen LogP contribution in [0.2, 0.25) is 0 Å². The molecule has 1 saturated heterocycles. The number of urea groups is 1. The summed E-state index contributed by atoms with van der Waals surface area (Å²) in [6.07, 6.45) is -4.74. The molecule has 2 rings (SSSR count). The van der Waals surface area contributed by atoms with Crippen LogP contribution in [-0.4, -0.2) is 25.5 Å². The first-order valence-corrected chi connectivity index (χ1v) is 5.77. The van der Waals surface area contributed by atoms with Crippen LogP contribution >= 0.6 is 15.9 Å². The number of amides is 2. The Morgan fingerprint density at radius 1 is 1.39 bits per heavy atom. The summed E-state index contributed by atoms with van der Waals surface area (Å²) in [5.74, 6) is -0.342. The highest BCUT2D eigenvalue weighted by Crippen LogP contribution is 2.33. The summed E-state index contributed by atoms with van der Waals surface area (Å²) >= 11 is 2.98. The molecule has 1 heterocycles. The van der Waals surface area contributed by atoms with Gasteiger partial charge in [-0.25, -0.2) is 4.79 Å². The van der Waals surface area contributed by atoms with E-state index in [1.807, 2.05) is 0 Å². The molecule has 0 saturated carbocycles. The van der Waals surface area contributed by atoms with Crippen LogP contribution in [0.15, 0.2) is 22.7 Å². The van der Waals surface area contributed by atoms with Crippen molar-refractivity contribution in [2.75, 3.05) is 18.0 Å². The zero-order chi connectivity index (χ0) is 13.3. The molecule has 1 aliphatic heterocycles. The SMILES string of the molecule is O=C1NCCN1c1ccc(OC(F)(F)F)c(Br)c1. The van der Waals surface area contributed by atoms with Gasteiger partial charge in [0.25, 0.3) is 0 Å². The standard InChI is InChI=1S/C10H8BrF3N2O2/c11-7-5-6(16-4-3-15-9(16)17)1-2-8(7)18-10(12,13)14/h1-2,5H,3-4H2,(H,15,17). The number of alkyl halides is 3. The lowest BCUT2D eigenvalue weighted by molar-refractivity contribution is -0.274. The first-order valence-electron chi connectivity index (χ1n) is 4.97. The minimum absolute atomic E-state index is 0.136. The number of nitrogens with zero attached hydrogens (tertiary/aromatic N) is 1. The Morgan fingerprint density at radius 3 is 2.61 bits per heavy atom. The number of carbonyl (C=O) groups is 1. The second-order valence-corrected chi connectivity index (χ2v) is 4.40. The molecule has 1 N–H and O–H groups in total. The van der Waals surface area contributed by atoms with Crippen molar-refractivity contribution in [3.8, 4) is 5.75 Å². The molecule has 1 aromatic rings. The van der Waals surface area contributed by atoms with Crippen LogP contribution in [-0.2, 0) is 0 Å². The second kappa shape index (κ2) is 4.68. The van der Waals surface area contributed by atoms with Gasteiger partial charge in [0.1, 0.15) is 5.75 Å². The van der Waals surface area contributed by atoms with Gasteiger partial charge in [-0.15, -0.1) is 13.2 Å². The van der Waals surface area contributed by atoms with Crippen molar-refractivity contribution < 1.29 is 22.7 Å². The molecule has 0 spiro atoms. The number of anilines is 1. The normalized spacial score (nSPS) is 15.8. The van der Waals surface area contributed by atoms with E-state index in [0.29, 0.717) is 18.8 Å². The number of rotatable bonds is 2. The number of benzene rings is 1. The van der Waals surface area contributed by atoms with Crippen LogP contribution in [0.25, 0.3) is 0 Å². The Morgan fingerprint density at radius 2 is 2.11 bits per heavy atom. The minimum Gasteiger partial charge on any atom is -0.405 e. The Kier molecular flexibility index (Phi) is 3.38. The van der Waals surface area contributed by atoms with Gasteiger partial charge in [0.05, 0.1) is 4.47 Å². The van der Waals surface area contributed by atoms with E-state index in [2.05, 4.69) is 26.0 Å². The van der Waals surface area contributed by atoms with Crippen LogP contribution in [0.5, 0.6) is 5.75 Å². The van der Waals surface area contributed by atoms with Gasteiger partial charge in [0.15, 0.2) is 0 Å². The predicted octanol–water partition coefficient (Wildman–Crippen LogP) is 2.88. The molecule has 8 heteroatoms. The number of hydrogen-bond acceptors (Lipinski definition) is 2. The van der Waals surface area contributed by atoms with Crippen molar-refractivity contribution in [3.05, 3.63) is 22.7 Å². The molecule has 0 bridgehead atoms. The quantitative estimate of drug-likeness (QED) is 0.908. The van der Waals surface area contributed by atoms with Gasteiger partial charge in [-0.05, 0) is 34.1 Å². The minimum atomic E-state index is -4.74. The Hall–Kier alpha value is -1.44. The molecular formula is C10H8BrF3N2O2. The molecular weight excluding hydrogens is 317 g/mol. The summed E-state index contributed by atoms with van der Waals surface area (Å²) < 4.78 is 40.1. The zero-order valence-corrected chi connectivity index (χ0v) is 10.5. The van der Waals surface area contributed by atoms with Gasteiger partial charge in [0, 0.05) is 18.8 Å². The maximum atomic E-state index is 12.1. The third-order valence-corrected chi connectivity index (χ3v) is 2.93. The third kappa shape index (κ3) is 2.87. The lowest BCUT2D eigenvalue weighted by Crippen LogP contribution is -2.27.